The van der Waals surface area contributed by atoms with E-state index in [-0.39, 0.29) is 5.91 Å². The minimum atomic E-state index is -0.302. The van der Waals surface area contributed by atoms with Crippen molar-refractivity contribution in [3.8, 4) is 0 Å². The molecule has 3 N–H and O–H groups in total. The van der Waals surface area contributed by atoms with E-state index in [1.165, 1.54) is 0 Å². The number of hydrogen-bond acceptors (Lipinski definition) is 5. The number of carbonyl (C=O) groups is 1. The molecule has 1 heterocycles. The zero-order chi connectivity index (χ0) is 12.1. The molecule has 0 atom stereocenters. The fraction of sp³-hybridized carbons (Fsp3) is 0.273. The third-order valence-corrected chi connectivity index (χ3v) is 2.24. The fourth-order valence-electron chi connectivity index (χ4n) is 1.42. The van der Waals surface area contributed by atoms with E-state index in [0.717, 1.165) is 11.0 Å². The van der Waals surface area contributed by atoms with Crippen LogP contribution in [-0.4, -0.2) is 27.6 Å². The lowest BCUT2D eigenvalue weighted by Gasteiger charge is -2.03. The van der Waals surface area contributed by atoms with Crippen LogP contribution in [0.4, 0.5) is 5.95 Å². The first-order valence-electron chi connectivity index (χ1n) is 5.37. The molecule has 0 unspecified atom stereocenters. The van der Waals surface area contributed by atoms with Gasteiger partial charge >= 0.3 is 0 Å². The van der Waals surface area contributed by atoms with Crippen molar-refractivity contribution in [3.63, 3.8) is 0 Å². The predicted octanol–water partition coefficient (Wildman–Crippen LogP) is 0.702. The summed E-state index contributed by atoms with van der Waals surface area (Å²) in [6, 6.07) is 7.51. The molecule has 1 aromatic heterocycles. The lowest BCUT2D eigenvalue weighted by molar-refractivity contribution is -0.118. The number of anilines is 1. The molecular weight excluding hydrogens is 218 g/mol. The highest BCUT2D eigenvalue weighted by Crippen LogP contribution is 2.08. The van der Waals surface area contributed by atoms with E-state index in [4.69, 9.17) is 5.73 Å². The third-order valence-electron chi connectivity index (χ3n) is 2.24. The summed E-state index contributed by atoms with van der Waals surface area (Å²) in [5.41, 5.74) is 6.59. The molecule has 0 saturated carbocycles. The van der Waals surface area contributed by atoms with Crippen LogP contribution >= 0.6 is 0 Å². The topological polar surface area (TPSA) is 93.8 Å². The lowest BCUT2D eigenvalue weighted by atomic mass is 10.3. The van der Waals surface area contributed by atoms with Crippen molar-refractivity contribution in [3.05, 3.63) is 24.3 Å². The first-order valence-corrected chi connectivity index (χ1v) is 5.37. The summed E-state index contributed by atoms with van der Waals surface area (Å²) in [6.07, 6.45) is 1.01. The summed E-state index contributed by atoms with van der Waals surface area (Å²) in [6.45, 7) is 0.600. The van der Waals surface area contributed by atoms with Crippen LogP contribution in [-0.2, 0) is 4.79 Å². The van der Waals surface area contributed by atoms with Gasteiger partial charge in [0.05, 0.1) is 5.52 Å². The van der Waals surface area contributed by atoms with E-state index in [1.54, 1.807) is 0 Å². The summed E-state index contributed by atoms with van der Waals surface area (Å²) in [4.78, 5) is 14.8. The molecule has 0 fully saturated rings. The van der Waals surface area contributed by atoms with Crippen molar-refractivity contribution in [1.29, 1.82) is 0 Å². The molecule has 0 aliphatic rings. The van der Waals surface area contributed by atoms with Gasteiger partial charge in [-0.15, -0.1) is 10.2 Å². The molecule has 0 aliphatic carbocycles. The number of benzene rings is 1. The molecule has 0 saturated heterocycles. The average molecular weight is 231 g/mol. The minimum absolute atomic E-state index is 0.302. The molecule has 0 bridgehead atoms. The number of hydrogen-bond donors (Lipinski definition) is 2. The number of nitrogens with two attached hydrogens (primary N) is 1. The summed E-state index contributed by atoms with van der Waals surface area (Å²) in [7, 11) is 0. The van der Waals surface area contributed by atoms with E-state index >= 15 is 0 Å². The number of para-hydroxylation sites is 1. The maximum Gasteiger partial charge on any atom is 0.243 e. The van der Waals surface area contributed by atoms with Gasteiger partial charge in [-0.25, -0.2) is 4.98 Å². The van der Waals surface area contributed by atoms with Gasteiger partial charge in [0.15, 0.2) is 0 Å². The number of primary amides is 1. The van der Waals surface area contributed by atoms with Gasteiger partial charge in [0.2, 0.25) is 11.9 Å². The van der Waals surface area contributed by atoms with E-state index in [1.807, 2.05) is 24.3 Å². The maximum atomic E-state index is 10.5. The number of nitrogens with zero attached hydrogens (tertiary/aromatic N) is 3. The molecule has 88 valence electrons. The zero-order valence-electron chi connectivity index (χ0n) is 9.26. The Morgan fingerprint density at radius 3 is 2.76 bits per heavy atom. The molecular formula is C11H13N5O. The van der Waals surface area contributed by atoms with Crippen LogP contribution in [0.1, 0.15) is 12.8 Å². The molecule has 2 rings (SSSR count). The van der Waals surface area contributed by atoms with Crippen LogP contribution in [0.25, 0.3) is 11.0 Å². The van der Waals surface area contributed by atoms with Gasteiger partial charge < -0.3 is 11.1 Å². The van der Waals surface area contributed by atoms with Crippen molar-refractivity contribution in [2.24, 2.45) is 5.73 Å². The Kier molecular flexibility index (Phi) is 3.44. The van der Waals surface area contributed by atoms with Crippen LogP contribution < -0.4 is 11.1 Å². The molecule has 0 aliphatic heterocycles. The highest BCUT2D eigenvalue weighted by atomic mass is 16.1. The van der Waals surface area contributed by atoms with Crippen LogP contribution in [0.15, 0.2) is 24.3 Å². The van der Waals surface area contributed by atoms with Crippen molar-refractivity contribution >= 4 is 22.9 Å². The summed E-state index contributed by atoms with van der Waals surface area (Å²) in [5, 5.41) is 11.0. The SMILES string of the molecule is NC(=O)CCCNc1nnc2ccccc2n1. The van der Waals surface area contributed by atoms with Gasteiger partial charge in [-0.3, -0.25) is 4.79 Å². The van der Waals surface area contributed by atoms with Crippen molar-refractivity contribution in [1.82, 2.24) is 15.2 Å². The summed E-state index contributed by atoms with van der Waals surface area (Å²) < 4.78 is 0. The quantitative estimate of drug-likeness (QED) is 0.739. The van der Waals surface area contributed by atoms with Crippen LogP contribution in [0.3, 0.4) is 0 Å². The molecule has 2 aromatic rings. The highest BCUT2D eigenvalue weighted by Gasteiger charge is 2.00. The minimum Gasteiger partial charge on any atom is -0.370 e. The molecule has 0 radical (unpaired) electrons. The second kappa shape index (κ2) is 5.20. The van der Waals surface area contributed by atoms with E-state index in [9.17, 15) is 4.79 Å². The van der Waals surface area contributed by atoms with Crippen molar-refractivity contribution in [2.75, 3.05) is 11.9 Å². The van der Waals surface area contributed by atoms with E-state index in [0.29, 0.717) is 25.3 Å². The maximum absolute atomic E-state index is 10.5. The second-order valence-corrected chi connectivity index (χ2v) is 3.62. The van der Waals surface area contributed by atoms with Gasteiger partial charge in [0.25, 0.3) is 0 Å². The number of rotatable bonds is 5. The molecule has 1 amide bonds. The van der Waals surface area contributed by atoms with Gasteiger partial charge in [-0.2, -0.15) is 0 Å². The van der Waals surface area contributed by atoms with Gasteiger partial charge in [0, 0.05) is 13.0 Å². The Morgan fingerprint density at radius 2 is 2.00 bits per heavy atom. The summed E-state index contributed by atoms with van der Waals surface area (Å²) in [5.74, 6) is 0.164. The smallest absolute Gasteiger partial charge is 0.243 e. The second-order valence-electron chi connectivity index (χ2n) is 3.62. The molecule has 6 heteroatoms. The van der Waals surface area contributed by atoms with Gasteiger partial charge in [-0.05, 0) is 18.6 Å². The zero-order valence-corrected chi connectivity index (χ0v) is 9.26. The van der Waals surface area contributed by atoms with Crippen molar-refractivity contribution < 1.29 is 4.79 Å². The van der Waals surface area contributed by atoms with Crippen LogP contribution in [0, 0.1) is 0 Å². The third kappa shape index (κ3) is 3.10. The van der Waals surface area contributed by atoms with Crippen LogP contribution in [0.2, 0.25) is 0 Å². The molecule has 1 aromatic carbocycles. The Bertz CT molecular complexity index is 528. The largest absolute Gasteiger partial charge is 0.370 e. The normalized spacial score (nSPS) is 10.4. The lowest BCUT2D eigenvalue weighted by Crippen LogP contribution is -2.13. The van der Waals surface area contributed by atoms with E-state index < -0.39 is 0 Å². The standard InChI is InChI=1S/C11H13N5O/c12-10(17)6-3-7-13-11-14-8-4-1-2-5-9(8)15-16-11/h1-2,4-5H,3,6-7H2,(H2,12,17)(H,13,14,16). The van der Waals surface area contributed by atoms with Crippen LogP contribution in [0.5, 0.6) is 0 Å². The average Bonchev–Trinajstić information content (AvgIpc) is 2.34. The first-order chi connectivity index (χ1) is 8.25. The number of nitrogens with one attached hydrogen (secondary N) is 1. The summed E-state index contributed by atoms with van der Waals surface area (Å²) >= 11 is 0. The Labute approximate surface area is 98.3 Å². The Balaban J connectivity index is 1.97. The predicted molar refractivity (Wildman–Crippen MR) is 64.3 cm³/mol. The number of amides is 1. The van der Waals surface area contributed by atoms with Gasteiger partial charge in [-0.1, -0.05) is 12.1 Å². The molecule has 17 heavy (non-hydrogen) atoms. The molecule has 0 spiro atoms. The number of aromatic nitrogens is 3. The highest BCUT2D eigenvalue weighted by molar-refractivity contribution is 5.74. The fourth-order valence-corrected chi connectivity index (χ4v) is 1.42. The molecule has 6 nitrogen and oxygen atoms in total. The monoisotopic (exact) mass is 231 g/mol. The number of fused-ring (bicyclic) bond motifs is 1. The first kappa shape index (κ1) is 11.3. The number of carbonyl (C=O) groups excluding carboxylic acids is 1. The van der Waals surface area contributed by atoms with Crippen molar-refractivity contribution in [2.45, 2.75) is 12.8 Å². The van der Waals surface area contributed by atoms with Gasteiger partial charge in [0.1, 0.15) is 5.52 Å². The van der Waals surface area contributed by atoms with E-state index in [2.05, 4.69) is 20.5 Å². The Morgan fingerprint density at radius 1 is 1.24 bits per heavy atom. The Hall–Kier alpha value is -2.24.